The third-order valence-corrected chi connectivity index (χ3v) is 3.41. The number of rotatable bonds is 12. The van der Waals surface area contributed by atoms with E-state index in [1.165, 1.54) is 0 Å². The molecule has 0 saturated heterocycles. The molecule has 0 radical (unpaired) electrons. The van der Waals surface area contributed by atoms with Crippen molar-refractivity contribution >= 4 is 0 Å². The number of hydrogen-bond donors (Lipinski definition) is 6. The van der Waals surface area contributed by atoms with Crippen LogP contribution in [0.5, 0.6) is 0 Å². The lowest BCUT2D eigenvalue weighted by atomic mass is 10.1. The van der Waals surface area contributed by atoms with Crippen molar-refractivity contribution in [3.05, 3.63) is 29.6 Å². The van der Waals surface area contributed by atoms with E-state index in [0.29, 0.717) is 26.2 Å². The summed E-state index contributed by atoms with van der Waals surface area (Å²) in [6, 6.07) is 2.02. The van der Waals surface area contributed by atoms with Gasteiger partial charge in [-0.2, -0.15) is 0 Å². The summed E-state index contributed by atoms with van der Waals surface area (Å²) < 4.78 is 0. The van der Waals surface area contributed by atoms with Crippen LogP contribution in [-0.4, -0.2) is 64.9 Å². The summed E-state index contributed by atoms with van der Waals surface area (Å²) in [5.41, 5.74) is 2.05. The van der Waals surface area contributed by atoms with Crippen LogP contribution in [0.25, 0.3) is 0 Å². The summed E-state index contributed by atoms with van der Waals surface area (Å²) in [5, 5.41) is 42.3. The summed E-state index contributed by atoms with van der Waals surface area (Å²) in [4.78, 5) is 4.18. The fraction of sp³-hybridized carbons (Fsp3) is 0.667. The van der Waals surface area contributed by atoms with Gasteiger partial charge in [-0.05, 0) is 11.1 Å². The molecular formula is C15H27N3O4. The molecule has 0 unspecified atom stereocenters. The van der Waals surface area contributed by atoms with Gasteiger partial charge in [-0.3, -0.25) is 4.98 Å². The third-order valence-electron chi connectivity index (χ3n) is 3.41. The smallest absolute Gasteiger partial charge is 0.0493 e. The topological polar surface area (TPSA) is 118 Å². The molecule has 22 heavy (non-hydrogen) atoms. The lowest BCUT2D eigenvalue weighted by Gasteiger charge is -2.13. The Morgan fingerprint density at radius 1 is 0.773 bits per heavy atom. The Labute approximate surface area is 131 Å². The fourth-order valence-electron chi connectivity index (χ4n) is 1.95. The molecule has 6 N–H and O–H groups in total. The van der Waals surface area contributed by atoms with Crippen LogP contribution in [-0.2, 0) is 13.1 Å². The Morgan fingerprint density at radius 2 is 1.18 bits per heavy atom. The maximum absolute atomic E-state index is 8.99. The van der Waals surface area contributed by atoms with Crippen molar-refractivity contribution < 1.29 is 20.4 Å². The molecule has 0 spiro atoms. The highest BCUT2D eigenvalue weighted by Gasteiger charge is 2.06. The van der Waals surface area contributed by atoms with Gasteiger partial charge < -0.3 is 31.1 Å². The second kappa shape index (κ2) is 11.5. The number of aromatic nitrogens is 1. The highest BCUT2D eigenvalue weighted by Crippen LogP contribution is 2.03. The van der Waals surface area contributed by atoms with Crippen LogP contribution in [0.2, 0.25) is 0 Å². The first-order valence-electron chi connectivity index (χ1n) is 7.51. The van der Waals surface area contributed by atoms with Crippen LogP contribution in [0, 0.1) is 11.8 Å². The molecule has 1 aromatic rings. The van der Waals surface area contributed by atoms with E-state index in [0.717, 1.165) is 11.1 Å². The van der Waals surface area contributed by atoms with E-state index in [-0.39, 0.29) is 38.3 Å². The minimum Gasteiger partial charge on any atom is -0.396 e. The minimum atomic E-state index is -0.147. The van der Waals surface area contributed by atoms with E-state index < -0.39 is 0 Å². The molecule has 1 heterocycles. The van der Waals surface area contributed by atoms with Crippen molar-refractivity contribution in [3.63, 3.8) is 0 Å². The standard InChI is InChI=1S/C15H27N3O4/c19-8-14(9-20)6-17-4-12-1-13(3-16-2-12)5-18-7-15(10-21)11-22/h1-3,14-15,17-22H,4-11H2. The summed E-state index contributed by atoms with van der Waals surface area (Å²) in [6.07, 6.45) is 3.54. The molecule has 0 aliphatic heterocycles. The Bertz CT molecular complexity index is 365. The summed E-state index contributed by atoms with van der Waals surface area (Å²) in [5.74, 6) is -0.293. The van der Waals surface area contributed by atoms with Crippen LogP contribution < -0.4 is 10.6 Å². The first-order chi connectivity index (χ1) is 10.7. The summed E-state index contributed by atoms with van der Waals surface area (Å²) >= 11 is 0. The van der Waals surface area contributed by atoms with Crippen LogP contribution in [0.3, 0.4) is 0 Å². The molecule has 0 aliphatic carbocycles. The monoisotopic (exact) mass is 313 g/mol. The van der Waals surface area contributed by atoms with Gasteiger partial charge in [0.15, 0.2) is 0 Å². The quantitative estimate of drug-likeness (QED) is 0.277. The molecule has 0 atom stereocenters. The molecule has 0 aliphatic rings. The molecule has 0 saturated carbocycles. The first kappa shape index (κ1) is 19.0. The normalized spacial score (nSPS) is 11.5. The van der Waals surface area contributed by atoms with Gasteiger partial charge in [-0.15, -0.1) is 0 Å². The average molecular weight is 313 g/mol. The zero-order valence-electron chi connectivity index (χ0n) is 12.8. The largest absolute Gasteiger partial charge is 0.396 e. The lowest BCUT2D eigenvalue weighted by molar-refractivity contribution is 0.148. The zero-order chi connectivity index (χ0) is 16.2. The molecule has 7 heteroatoms. The Balaban J connectivity index is 2.35. The molecule has 1 rings (SSSR count). The SMILES string of the molecule is OCC(CO)CNCc1cncc(CNCC(CO)CO)c1. The molecule has 0 aromatic carbocycles. The van der Waals surface area contributed by atoms with Gasteiger partial charge in [0.2, 0.25) is 0 Å². The first-order valence-corrected chi connectivity index (χ1v) is 7.51. The van der Waals surface area contributed by atoms with Gasteiger partial charge in [0.05, 0.1) is 0 Å². The highest BCUT2D eigenvalue weighted by molar-refractivity contribution is 5.17. The van der Waals surface area contributed by atoms with E-state index in [1.807, 2.05) is 6.07 Å². The fourth-order valence-corrected chi connectivity index (χ4v) is 1.95. The van der Waals surface area contributed by atoms with Crippen molar-refractivity contribution in [2.75, 3.05) is 39.5 Å². The van der Waals surface area contributed by atoms with E-state index in [9.17, 15) is 0 Å². The van der Waals surface area contributed by atoms with Crippen molar-refractivity contribution in [1.29, 1.82) is 0 Å². The van der Waals surface area contributed by atoms with E-state index >= 15 is 0 Å². The molecule has 0 bridgehead atoms. The van der Waals surface area contributed by atoms with Crippen molar-refractivity contribution in [2.45, 2.75) is 13.1 Å². The number of aliphatic hydroxyl groups is 4. The van der Waals surface area contributed by atoms with Crippen LogP contribution in [0.15, 0.2) is 18.5 Å². The Hall–Kier alpha value is -1.09. The van der Waals surface area contributed by atoms with Gasteiger partial charge in [-0.1, -0.05) is 6.07 Å². The van der Waals surface area contributed by atoms with E-state index in [1.54, 1.807) is 12.4 Å². The lowest BCUT2D eigenvalue weighted by Crippen LogP contribution is -2.28. The summed E-state index contributed by atoms with van der Waals surface area (Å²) in [7, 11) is 0. The van der Waals surface area contributed by atoms with Crippen LogP contribution in [0.1, 0.15) is 11.1 Å². The van der Waals surface area contributed by atoms with E-state index in [2.05, 4.69) is 15.6 Å². The van der Waals surface area contributed by atoms with E-state index in [4.69, 9.17) is 20.4 Å². The van der Waals surface area contributed by atoms with Gasteiger partial charge in [0.25, 0.3) is 0 Å². The Morgan fingerprint density at radius 3 is 1.55 bits per heavy atom. The molecular weight excluding hydrogens is 286 g/mol. The number of nitrogens with zero attached hydrogens (tertiary/aromatic N) is 1. The number of pyridine rings is 1. The van der Waals surface area contributed by atoms with Gasteiger partial charge >= 0.3 is 0 Å². The molecule has 7 nitrogen and oxygen atoms in total. The van der Waals surface area contributed by atoms with Gasteiger partial charge in [0.1, 0.15) is 0 Å². The second-order valence-corrected chi connectivity index (χ2v) is 5.43. The zero-order valence-corrected chi connectivity index (χ0v) is 12.8. The van der Waals surface area contributed by atoms with Gasteiger partial charge in [-0.25, -0.2) is 0 Å². The maximum atomic E-state index is 8.99. The average Bonchev–Trinajstić information content (AvgIpc) is 2.56. The van der Waals surface area contributed by atoms with Crippen LogP contribution >= 0.6 is 0 Å². The second-order valence-electron chi connectivity index (χ2n) is 5.43. The number of hydrogen-bond acceptors (Lipinski definition) is 7. The third kappa shape index (κ3) is 7.26. The molecule has 126 valence electrons. The molecule has 0 amide bonds. The van der Waals surface area contributed by atoms with Crippen LogP contribution in [0.4, 0.5) is 0 Å². The summed E-state index contributed by atoms with van der Waals surface area (Å²) in [6.45, 7) is 2.17. The van der Waals surface area contributed by atoms with Crippen molar-refractivity contribution in [1.82, 2.24) is 15.6 Å². The van der Waals surface area contributed by atoms with Crippen molar-refractivity contribution in [3.8, 4) is 0 Å². The molecule has 1 aromatic heterocycles. The number of nitrogens with one attached hydrogen (secondary N) is 2. The van der Waals surface area contributed by atoms with Crippen molar-refractivity contribution in [2.24, 2.45) is 11.8 Å². The molecule has 0 fully saturated rings. The predicted octanol–water partition coefficient (Wildman–Crippen LogP) is -1.54. The van der Waals surface area contributed by atoms with Gasteiger partial charge in [0, 0.05) is 76.8 Å². The minimum absolute atomic E-state index is 0.0391. The number of aliphatic hydroxyl groups excluding tert-OH is 4. The highest BCUT2D eigenvalue weighted by atomic mass is 16.3. The predicted molar refractivity (Wildman–Crippen MR) is 83.0 cm³/mol. The maximum Gasteiger partial charge on any atom is 0.0493 e. The Kier molecular flexibility index (Phi) is 9.89.